The topological polar surface area (TPSA) is 86.6 Å². The zero-order valence-electron chi connectivity index (χ0n) is 14.1. The van der Waals surface area contributed by atoms with Crippen molar-refractivity contribution >= 4 is 45.6 Å². The van der Waals surface area contributed by atoms with E-state index in [9.17, 15) is 14.7 Å². The molecule has 2 aromatic carbocycles. The minimum absolute atomic E-state index is 0.0316. The van der Waals surface area contributed by atoms with Crippen LogP contribution in [0, 0.1) is 0 Å². The number of nitrogens with one attached hydrogen (secondary N) is 1. The van der Waals surface area contributed by atoms with E-state index in [2.05, 4.69) is 5.32 Å². The van der Waals surface area contributed by atoms with Crippen LogP contribution < -0.4 is 5.32 Å². The SMILES string of the molecule is C/C(=C1\SC(=S)NC1=O)c1cccc(O)c1.CC(=O)c1cccc(O)c1. The summed E-state index contributed by atoms with van der Waals surface area (Å²) in [6.07, 6.45) is 0. The van der Waals surface area contributed by atoms with E-state index >= 15 is 0 Å². The zero-order valence-corrected chi connectivity index (χ0v) is 15.8. The highest BCUT2D eigenvalue weighted by molar-refractivity contribution is 8.26. The van der Waals surface area contributed by atoms with Gasteiger partial charge in [-0.2, -0.15) is 0 Å². The zero-order chi connectivity index (χ0) is 19.3. The minimum atomic E-state index is -0.171. The molecule has 1 heterocycles. The molecule has 0 atom stereocenters. The maximum absolute atomic E-state index is 11.5. The van der Waals surface area contributed by atoms with Crippen molar-refractivity contribution in [2.24, 2.45) is 0 Å². The van der Waals surface area contributed by atoms with Crippen molar-refractivity contribution in [3.05, 3.63) is 64.6 Å². The number of benzene rings is 2. The van der Waals surface area contributed by atoms with Gasteiger partial charge < -0.3 is 15.5 Å². The summed E-state index contributed by atoms with van der Waals surface area (Å²) in [5, 5.41) is 20.8. The molecule has 0 saturated carbocycles. The van der Waals surface area contributed by atoms with E-state index < -0.39 is 0 Å². The molecular formula is C19H17NO4S2. The molecule has 1 aliphatic rings. The van der Waals surface area contributed by atoms with Gasteiger partial charge in [-0.05, 0) is 49.2 Å². The number of hydrogen-bond donors (Lipinski definition) is 3. The van der Waals surface area contributed by atoms with Crippen LogP contribution in [0.1, 0.15) is 29.8 Å². The van der Waals surface area contributed by atoms with Gasteiger partial charge in [-0.3, -0.25) is 9.59 Å². The van der Waals surface area contributed by atoms with E-state index in [4.69, 9.17) is 17.3 Å². The highest BCUT2D eigenvalue weighted by Crippen LogP contribution is 2.32. The van der Waals surface area contributed by atoms with E-state index in [-0.39, 0.29) is 23.2 Å². The van der Waals surface area contributed by atoms with Crippen molar-refractivity contribution in [1.82, 2.24) is 5.32 Å². The Hall–Kier alpha value is -2.64. The number of amides is 1. The van der Waals surface area contributed by atoms with Crippen molar-refractivity contribution < 1.29 is 19.8 Å². The lowest BCUT2D eigenvalue weighted by atomic mass is 10.1. The number of thioether (sulfide) groups is 1. The lowest BCUT2D eigenvalue weighted by molar-refractivity contribution is -0.115. The number of carbonyl (C=O) groups is 2. The Balaban J connectivity index is 0.000000209. The molecule has 2 aromatic rings. The maximum Gasteiger partial charge on any atom is 0.263 e. The average Bonchev–Trinajstić information content (AvgIpc) is 2.93. The molecule has 1 amide bonds. The largest absolute Gasteiger partial charge is 0.508 e. The van der Waals surface area contributed by atoms with Gasteiger partial charge in [0.1, 0.15) is 15.8 Å². The van der Waals surface area contributed by atoms with Gasteiger partial charge in [0.25, 0.3) is 5.91 Å². The van der Waals surface area contributed by atoms with Gasteiger partial charge in [0.05, 0.1) is 4.91 Å². The van der Waals surface area contributed by atoms with Crippen molar-refractivity contribution in [3.8, 4) is 11.5 Å². The molecule has 5 nitrogen and oxygen atoms in total. The van der Waals surface area contributed by atoms with Crippen molar-refractivity contribution in [2.75, 3.05) is 0 Å². The first-order chi connectivity index (χ1) is 12.3. The number of rotatable bonds is 2. The average molecular weight is 387 g/mol. The molecule has 3 rings (SSSR count). The first-order valence-electron chi connectivity index (χ1n) is 7.61. The van der Waals surface area contributed by atoms with Crippen LogP contribution in [0.3, 0.4) is 0 Å². The molecule has 134 valence electrons. The number of Topliss-reactive ketones (excluding diaryl/α,β-unsaturated/α-hetero) is 1. The van der Waals surface area contributed by atoms with Gasteiger partial charge in [-0.25, -0.2) is 0 Å². The van der Waals surface area contributed by atoms with Gasteiger partial charge in [0.2, 0.25) is 0 Å². The van der Waals surface area contributed by atoms with E-state index in [0.717, 1.165) is 11.1 Å². The Labute approximate surface area is 160 Å². The Morgan fingerprint density at radius 3 is 1.96 bits per heavy atom. The van der Waals surface area contributed by atoms with Crippen LogP contribution in [0.2, 0.25) is 0 Å². The summed E-state index contributed by atoms with van der Waals surface area (Å²) < 4.78 is 0.472. The molecule has 1 aliphatic heterocycles. The third-order valence-corrected chi connectivity index (χ3v) is 4.82. The van der Waals surface area contributed by atoms with Crippen LogP contribution in [-0.2, 0) is 4.79 Å². The minimum Gasteiger partial charge on any atom is -0.508 e. The summed E-state index contributed by atoms with van der Waals surface area (Å²) in [7, 11) is 0. The second kappa shape index (κ2) is 8.64. The summed E-state index contributed by atoms with van der Waals surface area (Å²) >= 11 is 6.17. The lowest BCUT2D eigenvalue weighted by Gasteiger charge is -2.04. The van der Waals surface area contributed by atoms with E-state index in [1.54, 1.807) is 30.3 Å². The first kappa shape index (κ1) is 19.7. The lowest BCUT2D eigenvalue weighted by Crippen LogP contribution is -2.18. The molecule has 0 aliphatic carbocycles. The van der Waals surface area contributed by atoms with Crippen LogP contribution in [0.4, 0.5) is 0 Å². The third kappa shape index (κ3) is 5.18. The van der Waals surface area contributed by atoms with Crippen molar-refractivity contribution in [3.63, 3.8) is 0 Å². The number of phenols is 2. The summed E-state index contributed by atoms with van der Waals surface area (Å²) in [6, 6.07) is 13.1. The normalized spacial score (nSPS) is 15.0. The van der Waals surface area contributed by atoms with E-state index in [1.165, 1.54) is 30.8 Å². The van der Waals surface area contributed by atoms with Crippen LogP contribution >= 0.6 is 24.0 Å². The summed E-state index contributed by atoms with van der Waals surface area (Å²) in [5.41, 5.74) is 2.18. The Morgan fingerprint density at radius 2 is 1.54 bits per heavy atom. The molecule has 3 N–H and O–H groups in total. The highest BCUT2D eigenvalue weighted by atomic mass is 32.2. The Morgan fingerprint density at radius 1 is 1.00 bits per heavy atom. The third-order valence-electron chi connectivity index (χ3n) is 3.49. The fraction of sp³-hybridized carbons (Fsp3) is 0.105. The van der Waals surface area contributed by atoms with Crippen LogP contribution in [0.5, 0.6) is 11.5 Å². The number of aromatic hydroxyl groups is 2. The first-order valence-corrected chi connectivity index (χ1v) is 8.84. The molecule has 0 bridgehead atoms. The van der Waals surface area contributed by atoms with Gasteiger partial charge >= 0.3 is 0 Å². The fourth-order valence-corrected chi connectivity index (χ4v) is 3.24. The number of ketones is 1. The number of phenolic OH excluding ortho intramolecular Hbond substituents is 2. The van der Waals surface area contributed by atoms with E-state index in [1.807, 2.05) is 13.0 Å². The molecular weight excluding hydrogens is 370 g/mol. The van der Waals surface area contributed by atoms with Crippen molar-refractivity contribution in [2.45, 2.75) is 13.8 Å². The van der Waals surface area contributed by atoms with Crippen LogP contribution in [0.15, 0.2) is 53.4 Å². The summed E-state index contributed by atoms with van der Waals surface area (Å²) in [4.78, 5) is 22.8. The van der Waals surface area contributed by atoms with Gasteiger partial charge in [-0.15, -0.1) is 0 Å². The van der Waals surface area contributed by atoms with Crippen LogP contribution in [-0.4, -0.2) is 26.2 Å². The molecule has 0 unspecified atom stereocenters. The summed E-state index contributed by atoms with van der Waals surface area (Å²) in [6.45, 7) is 3.30. The quantitative estimate of drug-likeness (QED) is 0.412. The highest BCUT2D eigenvalue weighted by Gasteiger charge is 2.24. The standard InChI is InChI=1S/C11H9NO2S2.C8H8O2/c1-6(7-3-2-4-8(13)5-7)9-10(14)12-11(15)16-9;1-6(9)7-3-2-4-8(10)5-7/h2-5,13H,1H3,(H,12,14,15);2-5,10H,1H3/b9-6+;. The maximum atomic E-state index is 11.5. The summed E-state index contributed by atoms with van der Waals surface area (Å²) in [5.74, 6) is 0.114. The molecule has 1 saturated heterocycles. The molecule has 7 heteroatoms. The molecule has 0 spiro atoms. The second-order valence-corrected chi connectivity index (χ2v) is 7.14. The number of hydrogen-bond acceptors (Lipinski definition) is 6. The number of carbonyl (C=O) groups excluding carboxylic acids is 2. The van der Waals surface area contributed by atoms with Crippen molar-refractivity contribution in [1.29, 1.82) is 0 Å². The molecule has 0 aromatic heterocycles. The smallest absolute Gasteiger partial charge is 0.263 e. The van der Waals surface area contributed by atoms with Crippen LogP contribution in [0.25, 0.3) is 5.57 Å². The predicted octanol–water partition coefficient (Wildman–Crippen LogP) is 3.87. The monoisotopic (exact) mass is 387 g/mol. The number of thiocarbonyl (C=S) groups is 1. The molecule has 0 radical (unpaired) electrons. The molecule has 1 fully saturated rings. The predicted molar refractivity (Wildman–Crippen MR) is 107 cm³/mol. The van der Waals surface area contributed by atoms with Gasteiger partial charge in [0, 0.05) is 5.56 Å². The van der Waals surface area contributed by atoms with E-state index in [0.29, 0.717) is 14.8 Å². The van der Waals surface area contributed by atoms with Gasteiger partial charge in [0.15, 0.2) is 5.78 Å². The Kier molecular flexibility index (Phi) is 6.54. The van der Waals surface area contributed by atoms with Gasteiger partial charge in [-0.1, -0.05) is 48.2 Å². The Bertz CT molecular complexity index is 906. The fourth-order valence-electron chi connectivity index (χ4n) is 2.16. The molecule has 26 heavy (non-hydrogen) atoms. The number of allylic oxidation sites excluding steroid dienone is 1. The second-order valence-electron chi connectivity index (χ2n) is 5.45.